The van der Waals surface area contributed by atoms with Gasteiger partial charge in [0.05, 0.1) is 18.7 Å². The molecule has 1 amide bonds. The fourth-order valence-electron chi connectivity index (χ4n) is 2.52. The topological polar surface area (TPSA) is 68.5 Å². The second-order valence-corrected chi connectivity index (χ2v) is 6.65. The summed E-state index contributed by atoms with van der Waals surface area (Å²) in [6.45, 7) is -0.300. The lowest BCUT2D eigenvalue weighted by molar-refractivity contribution is -0.148. The molecule has 3 rings (SSSR count). The lowest BCUT2D eigenvalue weighted by atomic mass is 10.1. The third-order valence-electron chi connectivity index (χ3n) is 3.79. The maximum absolute atomic E-state index is 12.3. The Balaban J connectivity index is 1.52. The van der Waals surface area contributed by atoms with Crippen molar-refractivity contribution < 1.29 is 18.7 Å². The molecule has 1 atom stereocenters. The zero-order chi connectivity index (χ0) is 18.2. The van der Waals surface area contributed by atoms with Crippen molar-refractivity contribution in [3.8, 4) is 0 Å². The van der Waals surface area contributed by atoms with Crippen LogP contribution >= 0.6 is 11.3 Å². The normalized spacial score (nSPS) is 11.7. The van der Waals surface area contributed by atoms with Gasteiger partial charge in [-0.2, -0.15) is 0 Å². The third kappa shape index (κ3) is 5.07. The molecule has 134 valence electrons. The van der Waals surface area contributed by atoms with Crippen LogP contribution in [0.4, 0.5) is 0 Å². The largest absolute Gasteiger partial charge is 0.469 e. The number of nitrogens with one attached hydrogen (secondary N) is 1. The van der Waals surface area contributed by atoms with Gasteiger partial charge in [-0.05, 0) is 29.1 Å². The van der Waals surface area contributed by atoms with Crippen LogP contribution < -0.4 is 5.32 Å². The van der Waals surface area contributed by atoms with Crippen molar-refractivity contribution in [1.82, 2.24) is 5.32 Å². The number of hydrogen-bond donors (Lipinski definition) is 1. The maximum atomic E-state index is 12.3. The van der Waals surface area contributed by atoms with Gasteiger partial charge in [-0.15, -0.1) is 11.3 Å². The zero-order valence-corrected chi connectivity index (χ0v) is 14.9. The van der Waals surface area contributed by atoms with Crippen LogP contribution in [-0.4, -0.2) is 18.5 Å². The van der Waals surface area contributed by atoms with Crippen molar-refractivity contribution in [2.45, 2.75) is 18.9 Å². The smallest absolute Gasteiger partial charge is 0.306 e. The molecule has 0 bridgehead atoms. The first-order chi connectivity index (χ1) is 12.7. The van der Waals surface area contributed by atoms with E-state index in [9.17, 15) is 9.59 Å². The fourth-order valence-corrected chi connectivity index (χ4v) is 3.32. The summed E-state index contributed by atoms with van der Waals surface area (Å²) in [5.41, 5.74) is 0.979. The average molecular weight is 369 g/mol. The van der Waals surface area contributed by atoms with Gasteiger partial charge in [0, 0.05) is 11.3 Å². The monoisotopic (exact) mass is 369 g/mol. The Labute approximate surface area is 155 Å². The first kappa shape index (κ1) is 17.9. The number of esters is 1. The standard InChI is InChI=1S/C20H19NO4S/c22-18(14-25-19(23)11-10-16-8-4-12-24-16)21-20(17-9-5-13-26-17)15-6-2-1-3-7-15/h1-9,12-13,20H,10-11,14H2,(H,21,22)/t20-/m0/s1. The van der Waals surface area contributed by atoms with E-state index >= 15 is 0 Å². The summed E-state index contributed by atoms with van der Waals surface area (Å²) >= 11 is 1.57. The molecule has 0 aliphatic carbocycles. The van der Waals surface area contributed by atoms with Crippen LogP contribution in [0.2, 0.25) is 0 Å². The molecule has 2 aromatic heterocycles. The summed E-state index contributed by atoms with van der Waals surface area (Å²) in [6.07, 6.45) is 2.19. The van der Waals surface area contributed by atoms with Crippen LogP contribution in [0.25, 0.3) is 0 Å². The van der Waals surface area contributed by atoms with E-state index in [1.54, 1.807) is 29.7 Å². The average Bonchev–Trinajstić information content (AvgIpc) is 3.37. The molecule has 0 aliphatic heterocycles. The van der Waals surface area contributed by atoms with Crippen molar-refractivity contribution in [3.05, 3.63) is 82.4 Å². The predicted octanol–water partition coefficient (Wildman–Crippen LogP) is 3.72. The Bertz CT molecular complexity index is 813. The minimum atomic E-state index is -0.427. The lowest BCUT2D eigenvalue weighted by Gasteiger charge is -2.18. The van der Waals surface area contributed by atoms with E-state index in [0.29, 0.717) is 12.2 Å². The Morgan fingerprint density at radius 3 is 2.62 bits per heavy atom. The molecule has 0 saturated heterocycles. The number of carbonyl (C=O) groups excluding carboxylic acids is 2. The first-order valence-electron chi connectivity index (χ1n) is 8.28. The Kier molecular flexibility index (Phi) is 6.22. The molecule has 5 nitrogen and oxygen atoms in total. The molecule has 2 heterocycles. The summed E-state index contributed by atoms with van der Waals surface area (Å²) in [4.78, 5) is 25.1. The highest BCUT2D eigenvalue weighted by atomic mass is 32.1. The van der Waals surface area contributed by atoms with E-state index in [0.717, 1.165) is 10.4 Å². The van der Waals surface area contributed by atoms with Crippen molar-refractivity contribution in [2.75, 3.05) is 6.61 Å². The molecule has 0 saturated carbocycles. The number of rotatable bonds is 8. The van der Waals surface area contributed by atoms with Crippen LogP contribution in [0.5, 0.6) is 0 Å². The predicted molar refractivity (Wildman–Crippen MR) is 98.7 cm³/mol. The third-order valence-corrected chi connectivity index (χ3v) is 4.72. The van der Waals surface area contributed by atoms with Gasteiger partial charge in [-0.3, -0.25) is 9.59 Å². The van der Waals surface area contributed by atoms with Crippen molar-refractivity contribution in [2.24, 2.45) is 0 Å². The van der Waals surface area contributed by atoms with Gasteiger partial charge >= 0.3 is 5.97 Å². The quantitative estimate of drug-likeness (QED) is 0.615. The number of hydrogen-bond acceptors (Lipinski definition) is 5. The van der Waals surface area contributed by atoms with Crippen LogP contribution in [0, 0.1) is 0 Å². The van der Waals surface area contributed by atoms with Gasteiger partial charge in [0.15, 0.2) is 6.61 Å². The van der Waals surface area contributed by atoms with Gasteiger partial charge in [0.1, 0.15) is 5.76 Å². The minimum absolute atomic E-state index is 0.174. The number of furan rings is 1. The number of aryl methyl sites for hydroxylation is 1. The number of amides is 1. The van der Waals surface area contributed by atoms with Gasteiger partial charge in [-0.25, -0.2) is 0 Å². The maximum Gasteiger partial charge on any atom is 0.306 e. The molecular formula is C20H19NO4S. The molecule has 0 fully saturated rings. The van der Waals surface area contributed by atoms with Crippen molar-refractivity contribution in [3.63, 3.8) is 0 Å². The van der Waals surface area contributed by atoms with Gasteiger partial charge in [0.25, 0.3) is 5.91 Å². The van der Waals surface area contributed by atoms with Crippen LogP contribution in [0.3, 0.4) is 0 Å². The highest BCUT2D eigenvalue weighted by Crippen LogP contribution is 2.25. The molecular weight excluding hydrogens is 350 g/mol. The van der Waals surface area contributed by atoms with Gasteiger partial charge in [0.2, 0.25) is 0 Å². The number of ether oxygens (including phenoxy) is 1. The molecule has 0 aliphatic rings. The van der Waals surface area contributed by atoms with Crippen LogP contribution in [-0.2, 0) is 20.7 Å². The second-order valence-electron chi connectivity index (χ2n) is 5.67. The first-order valence-corrected chi connectivity index (χ1v) is 9.16. The highest BCUT2D eigenvalue weighted by Gasteiger charge is 2.18. The zero-order valence-electron chi connectivity index (χ0n) is 14.1. The SMILES string of the molecule is O=C(COC(=O)CCc1ccco1)N[C@@H](c1ccccc1)c1cccs1. The van der Waals surface area contributed by atoms with Gasteiger partial charge < -0.3 is 14.5 Å². The summed E-state index contributed by atoms with van der Waals surface area (Å²) in [5.74, 6) is -0.0456. The van der Waals surface area contributed by atoms with Crippen molar-refractivity contribution in [1.29, 1.82) is 0 Å². The summed E-state index contributed by atoms with van der Waals surface area (Å²) in [7, 11) is 0. The number of thiophene rings is 1. The molecule has 1 aromatic carbocycles. The summed E-state index contributed by atoms with van der Waals surface area (Å²) in [5, 5.41) is 4.90. The summed E-state index contributed by atoms with van der Waals surface area (Å²) < 4.78 is 10.2. The molecule has 0 radical (unpaired) electrons. The molecule has 26 heavy (non-hydrogen) atoms. The van der Waals surface area contributed by atoms with Crippen LogP contribution in [0.1, 0.15) is 28.7 Å². The number of carbonyl (C=O) groups is 2. The molecule has 1 N–H and O–H groups in total. The Morgan fingerprint density at radius 2 is 1.92 bits per heavy atom. The molecule has 6 heteroatoms. The molecule has 3 aromatic rings. The lowest BCUT2D eigenvalue weighted by Crippen LogP contribution is -2.32. The van der Waals surface area contributed by atoms with E-state index < -0.39 is 5.97 Å². The fraction of sp³-hybridized carbons (Fsp3) is 0.200. The van der Waals surface area contributed by atoms with E-state index in [1.807, 2.05) is 47.8 Å². The van der Waals surface area contributed by atoms with E-state index in [-0.39, 0.29) is 25.0 Å². The molecule has 0 unspecified atom stereocenters. The summed E-state index contributed by atoms with van der Waals surface area (Å²) in [6, 6.07) is 16.9. The number of benzene rings is 1. The van der Waals surface area contributed by atoms with Crippen molar-refractivity contribution >= 4 is 23.2 Å². The van der Waals surface area contributed by atoms with Crippen LogP contribution in [0.15, 0.2) is 70.7 Å². The minimum Gasteiger partial charge on any atom is -0.469 e. The van der Waals surface area contributed by atoms with E-state index in [4.69, 9.17) is 9.15 Å². The Hall–Kier alpha value is -2.86. The van der Waals surface area contributed by atoms with Gasteiger partial charge in [-0.1, -0.05) is 36.4 Å². The Morgan fingerprint density at radius 1 is 1.08 bits per heavy atom. The van der Waals surface area contributed by atoms with E-state index in [1.165, 1.54) is 0 Å². The molecule has 0 spiro atoms. The van der Waals surface area contributed by atoms with E-state index in [2.05, 4.69) is 5.32 Å². The second kappa shape index (κ2) is 9.01. The highest BCUT2D eigenvalue weighted by molar-refractivity contribution is 7.10.